The lowest BCUT2D eigenvalue weighted by Gasteiger charge is -2.13. The van der Waals surface area contributed by atoms with Crippen LogP contribution < -0.4 is 4.74 Å². The van der Waals surface area contributed by atoms with Gasteiger partial charge >= 0.3 is 0 Å². The number of H-pyrrole nitrogens is 1. The summed E-state index contributed by atoms with van der Waals surface area (Å²) in [5, 5.41) is 9.91. The van der Waals surface area contributed by atoms with E-state index in [1.54, 1.807) is 27.2 Å². The zero-order valence-corrected chi connectivity index (χ0v) is 11.1. The van der Waals surface area contributed by atoms with Crippen LogP contribution in [0.3, 0.4) is 0 Å². The number of hydrogen-bond donors (Lipinski definition) is 2. The van der Waals surface area contributed by atoms with Crippen molar-refractivity contribution in [2.24, 2.45) is 0 Å². The number of imidazole rings is 1. The van der Waals surface area contributed by atoms with Gasteiger partial charge in [0.05, 0.1) is 19.0 Å². The van der Waals surface area contributed by atoms with Crippen LogP contribution in [-0.2, 0) is 5.60 Å². The van der Waals surface area contributed by atoms with Crippen molar-refractivity contribution in [1.29, 1.82) is 0 Å². The molecule has 2 rings (SSSR count). The number of aliphatic hydroxyl groups is 1. The number of aryl methyl sites for hydroxylation is 1. The molecule has 18 heavy (non-hydrogen) atoms. The highest BCUT2D eigenvalue weighted by Crippen LogP contribution is 2.30. The minimum atomic E-state index is -0.977. The molecule has 0 aliphatic carbocycles. The molecule has 0 radical (unpaired) electrons. The summed E-state index contributed by atoms with van der Waals surface area (Å²) < 4.78 is 5.34. The Kier molecular flexibility index (Phi) is 3.13. The van der Waals surface area contributed by atoms with Crippen molar-refractivity contribution < 1.29 is 9.84 Å². The minimum Gasteiger partial charge on any atom is -0.496 e. The normalized spacial score (nSPS) is 11.6. The SMILES string of the molecule is COc1ccc(C)cc1-c1cnc(C(C)(C)O)[nH]1. The number of ether oxygens (including phenoxy) is 1. The van der Waals surface area contributed by atoms with Crippen molar-refractivity contribution in [1.82, 2.24) is 9.97 Å². The summed E-state index contributed by atoms with van der Waals surface area (Å²) in [7, 11) is 1.64. The molecule has 0 aliphatic heterocycles. The number of benzene rings is 1. The Hall–Kier alpha value is -1.81. The zero-order chi connectivity index (χ0) is 13.3. The van der Waals surface area contributed by atoms with Crippen LogP contribution in [-0.4, -0.2) is 22.2 Å². The summed E-state index contributed by atoms with van der Waals surface area (Å²) in [5.41, 5.74) is 1.95. The second-order valence-corrected chi connectivity index (χ2v) is 4.91. The van der Waals surface area contributed by atoms with Crippen LogP contribution in [0, 0.1) is 6.92 Å². The van der Waals surface area contributed by atoms with Crippen LogP contribution in [0.25, 0.3) is 11.3 Å². The highest BCUT2D eigenvalue weighted by atomic mass is 16.5. The number of rotatable bonds is 3. The molecule has 0 spiro atoms. The third-order valence-corrected chi connectivity index (χ3v) is 2.80. The van der Waals surface area contributed by atoms with Crippen molar-refractivity contribution in [3.05, 3.63) is 35.8 Å². The summed E-state index contributed by atoms with van der Waals surface area (Å²) in [4.78, 5) is 7.34. The van der Waals surface area contributed by atoms with Crippen LogP contribution in [0.15, 0.2) is 24.4 Å². The molecule has 0 saturated carbocycles. The summed E-state index contributed by atoms with van der Waals surface area (Å²) in [6.45, 7) is 5.42. The van der Waals surface area contributed by atoms with Crippen molar-refractivity contribution >= 4 is 0 Å². The maximum Gasteiger partial charge on any atom is 0.138 e. The van der Waals surface area contributed by atoms with Gasteiger partial charge in [0, 0.05) is 5.56 Å². The van der Waals surface area contributed by atoms with Gasteiger partial charge in [-0.3, -0.25) is 0 Å². The molecule has 0 fully saturated rings. The third-order valence-electron chi connectivity index (χ3n) is 2.80. The first-order chi connectivity index (χ1) is 8.41. The molecule has 1 heterocycles. The molecule has 1 aromatic heterocycles. The zero-order valence-electron chi connectivity index (χ0n) is 11.1. The van der Waals surface area contributed by atoms with Gasteiger partial charge < -0.3 is 14.8 Å². The Morgan fingerprint density at radius 2 is 2.06 bits per heavy atom. The monoisotopic (exact) mass is 246 g/mol. The molecule has 4 heteroatoms. The number of aromatic amines is 1. The van der Waals surface area contributed by atoms with E-state index in [0.29, 0.717) is 5.82 Å². The van der Waals surface area contributed by atoms with E-state index >= 15 is 0 Å². The fourth-order valence-electron chi connectivity index (χ4n) is 1.80. The van der Waals surface area contributed by atoms with E-state index in [1.807, 2.05) is 25.1 Å². The van der Waals surface area contributed by atoms with Gasteiger partial charge in [0.2, 0.25) is 0 Å². The Bertz CT molecular complexity index is 553. The first kappa shape index (κ1) is 12.6. The van der Waals surface area contributed by atoms with Gasteiger partial charge in [-0.1, -0.05) is 11.6 Å². The molecule has 0 unspecified atom stereocenters. The number of methoxy groups -OCH3 is 1. The third kappa shape index (κ3) is 2.38. The summed E-state index contributed by atoms with van der Waals surface area (Å²) in [6.07, 6.45) is 1.71. The first-order valence-electron chi connectivity index (χ1n) is 5.84. The molecule has 2 N–H and O–H groups in total. The summed E-state index contributed by atoms with van der Waals surface area (Å²) in [6, 6.07) is 5.95. The largest absolute Gasteiger partial charge is 0.496 e. The molecular weight excluding hydrogens is 228 g/mol. The molecule has 4 nitrogen and oxygen atoms in total. The van der Waals surface area contributed by atoms with Crippen LogP contribution in [0.1, 0.15) is 25.2 Å². The van der Waals surface area contributed by atoms with E-state index in [1.165, 1.54) is 0 Å². The van der Waals surface area contributed by atoms with Gasteiger partial charge in [-0.2, -0.15) is 0 Å². The second-order valence-electron chi connectivity index (χ2n) is 4.91. The van der Waals surface area contributed by atoms with Gasteiger partial charge in [0.25, 0.3) is 0 Å². The topological polar surface area (TPSA) is 58.1 Å². The molecular formula is C14H18N2O2. The lowest BCUT2D eigenvalue weighted by Crippen LogP contribution is -2.17. The van der Waals surface area contributed by atoms with E-state index < -0.39 is 5.60 Å². The van der Waals surface area contributed by atoms with Gasteiger partial charge in [0.15, 0.2) is 0 Å². The van der Waals surface area contributed by atoms with Crippen LogP contribution in [0.2, 0.25) is 0 Å². The highest BCUT2D eigenvalue weighted by molar-refractivity contribution is 5.67. The fourth-order valence-corrected chi connectivity index (χ4v) is 1.80. The van der Waals surface area contributed by atoms with Crippen molar-refractivity contribution in [3.63, 3.8) is 0 Å². The first-order valence-corrected chi connectivity index (χ1v) is 5.84. The smallest absolute Gasteiger partial charge is 0.138 e. The molecule has 0 atom stereocenters. The Morgan fingerprint density at radius 1 is 1.33 bits per heavy atom. The van der Waals surface area contributed by atoms with E-state index in [4.69, 9.17) is 4.74 Å². The number of nitrogens with zero attached hydrogens (tertiary/aromatic N) is 1. The van der Waals surface area contributed by atoms with Gasteiger partial charge in [-0.25, -0.2) is 4.98 Å². The number of hydrogen-bond acceptors (Lipinski definition) is 3. The summed E-state index contributed by atoms with van der Waals surface area (Å²) >= 11 is 0. The Morgan fingerprint density at radius 3 is 2.61 bits per heavy atom. The quantitative estimate of drug-likeness (QED) is 0.875. The van der Waals surface area contributed by atoms with E-state index in [9.17, 15) is 5.11 Å². The molecule has 0 bridgehead atoms. The summed E-state index contributed by atoms with van der Waals surface area (Å²) in [5.74, 6) is 1.33. The van der Waals surface area contributed by atoms with Crippen LogP contribution >= 0.6 is 0 Å². The predicted octanol–water partition coefficient (Wildman–Crippen LogP) is 2.62. The van der Waals surface area contributed by atoms with Gasteiger partial charge in [-0.15, -0.1) is 0 Å². The van der Waals surface area contributed by atoms with Crippen LogP contribution in [0.5, 0.6) is 5.75 Å². The molecule has 0 saturated heterocycles. The molecule has 96 valence electrons. The van der Waals surface area contributed by atoms with E-state index in [2.05, 4.69) is 9.97 Å². The van der Waals surface area contributed by atoms with Crippen molar-refractivity contribution in [2.75, 3.05) is 7.11 Å². The van der Waals surface area contributed by atoms with Crippen LogP contribution in [0.4, 0.5) is 0 Å². The van der Waals surface area contributed by atoms with Gasteiger partial charge in [-0.05, 0) is 32.9 Å². The average molecular weight is 246 g/mol. The van der Waals surface area contributed by atoms with Gasteiger partial charge in [0.1, 0.15) is 17.2 Å². The van der Waals surface area contributed by atoms with E-state index in [0.717, 1.165) is 22.6 Å². The van der Waals surface area contributed by atoms with E-state index in [-0.39, 0.29) is 0 Å². The Balaban J connectivity index is 2.49. The highest BCUT2D eigenvalue weighted by Gasteiger charge is 2.20. The second kappa shape index (κ2) is 4.46. The molecule has 0 amide bonds. The molecule has 0 aliphatic rings. The fraction of sp³-hybridized carbons (Fsp3) is 0.357. The van der Waals surface area contributed by atoms with Crippen molar-refractivity contribution in [2.45, 2.75) is 26.4 Å². The molecule has 2 aromatic rings. The molecule has 1 aromatic carbocycles. The standard InChI is InChI=1S/C14H18N2O2/c1-9-5-6-12(18-4)10(7-9)11-8-15-13(16-11)14(2,3)17/h5-8,17H,1-4H3,(H,15,16). The Labute approximate surface area is 107 Å². The maximum atomic E-state index is 9.91. The maximum absolute atomic E-state index is 9.91. The average Bonchev–Trinajstić information content (AvgIpc) is 2.77. The number of aromatic nitrogens is 2. The lowest BCUT2D eigenvalue weighted by atomic mass is 10.1. The minimum absolute atomic E-state index is 0.543. The lowest BCUT2D eigenvalue weighted by molar-refractivity contribution is 0.0697. The van der Waals surface area contributed by atoms with Crippen molar-refractivity contribution in [3.8, 4) is 17.0 Å². The number of nitrogens with one attached hydrogen (secondary N) is 1. The predicted molar refractivity (Wildman–Crippen MR) is 70.6 cm³/mol.